The second-order valence-corrected chi connectivity index (χ2v) is 7.26. The maximum absolute atomic E-state index is 13.1. The summed E-state index contributed by atoms with van der Waals surface area (Å²) in [4.78, 5) is 16.9. The van der Waals surface area contributed by atoms with Crippen LogP contribution in [0.5, 0.6) is 11.5 Å². The first-order chi connectivity index (χ1) is 14.6. The Morgan fingerprint density at radius 2 is 1.87 bits per heavy atom. The summed E-state index contributed by atoms with van der Waals surface area (Å²) in [6.07, 6.45) is 4.34. The molecule has 0 bridgehead atoms. The van der Waals surface area contributed by atoms with Crippen LogP contribution in [0.3, 0.4) is 0 Å². The Labute approximate surface area is 177 Å². The van der Waals surface area contributed by atoms with Crippen molar-refractivity contribution < 1.29 is 18.7 Å². The van der Waals surface area contributed by atoms with Gasteiger partial charge in [0.15, 0.2) is 11.5 Å². The van der Waals surface area contributed by atoms with Crippen molar-refractivity contribution in [3.63, 3.8) is 0 Å². The Morgan fingerprint density at radius 1 is 1.07 bits per heavy atom. The number of benzene rings is 2. The van der Waals surface area contributed by atoms with E-state index in [1.54, 1.807) is 13.2 Å². The van der Waals surface area contributed by atoms with Crippen molar-refractivity contribution in [1.82, 2.24) is 9.80 Å². The molecule has 0 atom stereocenters. The highest BCUT2D eigenvalue weighted by Gasteiger charge is 2.17. The molecule has 0 spiro atoms. The minimum atomic E-state index is -0.219. The Morgan fingerprint density at radius 3 is 2.60 bits per heavy atom. The van der Waals surface area contributed by atoms with E-state index in [4.69, 9.17) is 9.47 Å². The zero-order valence-electron chi connectivity index (χ0n) is 17.6. The molecular weight excluding hydrogens is 383 g/mol. The third kappa shape index (κ3) is 6.07. The Bertz CT molecular complexity index is 867. The summed E-state index contributed by atoms with van der Waals surface area (Å²) in [5.74, 6) is 1.13. The van der Waals surface area contributed by atoms with E-state index in [0.717, 1.165) is 43.7 Å². The van der Waals surface area contributed by atoms with Crippen LogP contribution in [0.25, 0.3) is 6.08 Å². The number of halogens is 1. The average molecular weight is 413 g/mol. The first-order valence-electron chi connectivity index (χ1n) is 10.3. The molecule has 1 saturated heterocycles. The molecular formula is C24H29FN2O3. The minimum Gasteiger partial charge on any atom is -0.493 e. The Balaban J connectivity index is 1.56. The second-order valence-electron chi connectivity index (χ2n) is 7.26. The third-order valence-corrected chi connectivity index (χ3v) is 5.13. The van der Waals surface area contributed by atoms with E-state index in [-0.39, 0.29) is 11.7 Å². The van der Waals surface area contributed by atoms with Crippen molar-refractivity contribution in [2.24, 2.45) is 0 Å². The number of methoxy groups -OCH3 is 1. The average Bonchev–Trinajstić information content (AvgIpc) is 3.00. The van der Waals surface area contributed by atoms with Gasteiger partial charge in [-0.2, -0.15) is 0 Å². The number of rotatable bonds is 7. The fourth-order valence-corrected chi connectivity index (χ4v) is 3.53. The predicted molar refractivity (Wildman–Crippen MR) is 116 cm³/mol. The molecule has 1 aliphatic heterocycles. The fourth-order valence-electron chi connectivity index (χ4n) is 3.53. The number of nitrogens with zero attached hydrogens (tertiary/aromatic N) is 2. The lowest BCUT2D eigenvalue weighted by molar-refractivity contribution is -0.125. The molecule has 0 N–H and O–H groups in total. The SMILES string of the molecule is CCOc1ccc(/C=C/C(=O)N2CCCN(Cc3ccc(F)cc3)CC2)cc1OC. The lowest BCUT2D eigenvalue weighted by Gasteiger charge is -2.21. The van der Waals surface area contributed by atoms with E-state index < -0.39 is 0 Å². The van der Waals surface area contributed by atoms with Gasteiger partial charge in [0.2, 0.25) is 5.91 Å². The largest absolute Gasteiger partial charge is 0.493 e. The number of hydrogen-bond acceptors (Lipinski definition) is 4. The number of carbonyl (C=O) groups excluding carboxylic acids is 1. The lowest BCUT2D eigenvalue weighted by Crippen LogP contribution is -2.34. The first kappa shape index (κ1) is 21.8. The number of hydrogen-bond donors (Lipinski definition) is 0. The van der Waals surface area contributed by atoms with Gasteiger partial charge in [0, 0.05) is 38.8 Å². The molecule has 2 aromatic carbocycles. The highest BCUT2D eigenvalue weighted by atomic mass is 19.1. The van der Waals surface area contributed by atoms with Gasteiger partial charge in [-0.15, -0.1) is 0 Å². The number of carbonyl (C=O) groups is 1. The van der Waals surface area contributed by atoms with Gasteiger partial charge >= 0.3 is 0 Å². The van der Waals surface area contributed by atoms with Crippen molar-refractivity contribution in [3.05, 3.63) is 65.5 Å². The molecule has 1 fully saturated rings. The van der Waals surface area contributed by atoms with Gasteiger partial charge in [-0.05, 0) is 54.8 Å². The molecule has 1 aliphatic rings. The van der Waals surface area contributed by atoms with E-state index in [0.29, 0.717) is 24.7 Å². The molecule has 0 saturated carbocycles. The van der Waals surface area contributed by atoms with Crippen molar-refractivity contribution >= 4 is 12.0 Å². The highest BCUT2D eigenvalue weighted by molar-refractivity contribution is 5.91. The van der Waals surface area contributed by atoms with Crippen molar-refractivity contribution in [2.75, 3.05) is 39.9 Å². The quantitative estimate of drug-likeness (QED) is 0.645. The maximum atomic E-state index is 13.1. The van der Waals surface area contributed by atoms with Crippen molar-refractivity contribution in [3.8, 4) is 11.5 Å². The molecule has 0 radical (unpaired) electrons. The summed E-state index contributed by atoms with van der Waals surface area (Å²) in [5.41, 5.74) is 1.97. The van der Waals surface area contributed by atoms with E-state index in [1.807, 2.05) is 48.2 Å². The predicted octanol–water partition coefficient (Wildman–Crippen LogP) is 3.98. The van der Waals surface area contributed by atoms with Crippen LogP contribution in [0.1, 0.15) is 24.5 Å². The Kier molecular flexibility index (Phi) is 7.85. The van der Waals surface area contributed by atoms with Crippen LogP contribution in [-0.4, -0.2) is 55.6 Å². The molecule has 1 heterocycles. The minimum absolute atomic E-state index is 0.00600. The second kappa shape index (κ2) is 10.8. The van der Waals surface area contributed by atoms with Crippen LogP contribution in [0.15, 0.2) is 48.5 Å². The van der Waals surface area contributed by atoms with Gasteiger partial charge in [0.05, 0.1) is 13.7 Å². The molecule has 3 rings (SSSR count). The van der Waals surface area contributed by atoms with E-state index in [9.17, 15) is 9.18 Å². The summed E-state index contributed by atoms with van der Waals surface area (Å²) in [6, 6.07) is 12.2. The third-order valence-electron chi connectivity index (χ3n) is 5.13. The van der Waals surface area contributed by atoms with Crippen LogP contribution < -0.4 is 9.47 Å². The van der Waals surface area contributed by atoms with Crippen LogP contribution in [0.4, 0.5) is 4.39 Å². The zero-order chi connectivity index (χ0) is 21.3. The van der Waals surface area contributed by atoms with E-state index in [1.165, 1.54) is 12.1 Å². The van der Waals surface area contributed by atoms with Gasteiger partial charge in [-0.25, -0.2) is 4.39 Å². The number of ether oxygens (including phenoxy) is 2. The molecule has 30 heavy (non-hydrogen) atoms. The molecule has 2 aromatic rings. The van der Waals surface area contributed by atoms with Crippen LogP contribution in [-0.2, 0) is 11.3 Å². The molecule has 0 unspecified atom stereocenters. The van der Waals surface area contributed by atoms with Crippen molar-refractivity contribution in [1.29, 1.82) is 0 Å². The van der Waals surface area contributed by atoms with Gasteiger partial charge in [0.25, 0.3) is 0 Å². The van der Waals surface area contributed by atoms with Gasteiger partial charge in [-0.3, -0.25) is 9.69 Å². The lowest BCUT2D eigenvalue weighted by atomic mass is 10.2. The van der Waals surface area contributed by atoms with Gasteiger partial charge < -0.3 is 14.4 Å². The standard InChI is InChI=1S/C24H29FN2O3/c1-3-30-22-11-7-19(17-23(22)29-2)8-12-24(28)27-14-4-13-26(15-16-27)18-20-5-9-21(25)10-6-20/h5-12,17H,3-4,13-16,18H2,1-2H3/b12-8+. The summed E-state index contributed by atoms with van der Waals surface area (Å²) in [6.45, 7) is 6.39. The van der Waals surface area contributed by atoms with Crippen LogP contribution >= 0.6 is 0 Å². The summed E-state index contributed by atoms with van der Waals surface area (Å²) in [5, 5.41) is 0. The normalized spacial score (nSPS) is 15.2. The fraction of sp³-hybridized carbons (Fsp3) is 0.375. The first-order valence-corrected chi connectivity index (χ1v) is 10.3. The zero-order valence-corrected chi connectivity index (χ0v) is 17.6. The summed E-state index contributed by atoms with van der Waals surface area (Å²) >= 11 is 0. The molecule has 6 heteroatoms. The van der Waals surface area contributed by atoms with E-state index in [2.05, 4.69) is 4.90 Å². The number of amides is 1. The van der Waals surface area contributed by atoms with Crippen LogP contribution in [0.2, 0.25) is 0 Å². The summed E-state index contributed by atoms with van der Waals surface area (Å²) in [7, 11) is 1.60. The van der Waals surface area contributed by atoms with Crippen molar-refractivity contribution in [2.45, 2.75) is 19.9 Å². The monoisotopic (exact) mass is 412 g/mol. The maximum Gasteiger partial charge on any atom is 0.246 e. The highest BCUT2D eigenvalue weighted by Crippen LogP contribution is 2.28. The van der Waals surface area contributed by atoms with E-state index >= 15 is 0 Å². The Hall–Kier alpha value is -2.86. The molecule has 0 aromatic heterocycles. The summed E-state index contributed by atoms with van der Waals surface area (Å²) < 4.78 is 24.0. The molecule has 1 amide bonds. The molecule has 5 nitrogen and oxygen atoms in total. The van der Waals surface area contributed by atoms with Gasteiger partial charge in [-0.1, -0.05) is 18.2 Å². The molecule has 0 aliphatic carbocycles. The van der Waals surface area contributed by atoms with Gasteiger partial charge in [0.1, 0.15) is 5.82 Å². The molecule has 160 valence electrons. The van der Waals surface area contributed by atoms with Crippen LogP contribution in [0, 0.1) is 5.82 Å². The topological polar surface area (TPSA) is 42.0 Å². The smallest absolute Gasteiger partial charge is 0.246 e.